The van der Waals surface area contributed by atoms with Gasteiger partial charge >= 0.3 is 0 Å². The predicted molar refractivity (Wildman–Crippen MR) is 87.3 cm³/mol. The lowest BCUT2D eigenvalue weighted by atomic mass is 9.93. The third-order valence-electron chi connectivity index (χ3n) is 4.81. The van der Waals surface area contributed by atoms with Gasteiger partial charge in [-0.1, -0.05) is 0 Å². The van der Waals surface area contributed by atoms with Crippen LogP contribution in [0.3, 0.4) is 0 Å². The van der Waals surface area contributed by atoms with Gasteiger partial charge in [-0.25, -0.2) is 0 Å². The van der Waals surface area contributed by atoms with Crippen LogP contribution in [0.5, 0.6) is 0 Å². The number of hydrogen-bond acceptors (Lipinski definition) is 5. The van der Waals surface area contributed by atoms with E-state index in [1.54, 1.807) is 9.58 Å². The summed E-state index contributed by atoms with van der Waals surface area (Å²) in [7, 11) is 1.89. The Kier molecular flexibility index (Phi) is 3.63. The van der Waals surface area contributed by atoms with E-state index in [9.17, 15) is 9.59 Å². The number of aromatic nitrogens is 2. The van der Waals surface area contributed by atoms with E-state index in [2.05, 4.69) is 10.00 Å². The van der Waals surface area contributed by atoms with Gasteiger partial charge in [-0.05, 0) is 6.42 Å². The number of carbonyl (C=O) groups is 2. The number of Topliss-reactive ketones (excluding diaryl/α,β-unsaturated/α-hetero) is 1. The van der Waals surface area contributed by atoms with Crippen molar-refractivity contribution in [1.82, 2.24) is 14.7 Å². The first kappa shape index (κ1) is 15.0. The summed E-state index contributed by atoms with van der Waals surface area (Å²) in [5.41, 5.74) is 2.02. The van der Waals surface area contributed by atoms with Gasteiger partial charge in [-0.3, -0.25) is 14.3 Å². The molecule has 2 aliphatic rings. The van der Waals surface area contributed by atoms with Crippen LogP contribution in [0.2, 0.25) is 0 Å². The summed E-state index contributed by atoms with van der Waals surface area (Å²) in [6, 6.07) is 0. The van der Waals surface area contributed by atoms with Gasteiger partial charge in [0.1, 0.15) is 12.0 Å². The number of fused-ring (bicyclic) bond motifs is 1. The zero-order valence-corrected chi connectivity index (χ0v) is 13.7. The fraction of sp³-hybridized carbons (Fsp3) is 0.471. The van der Waals surface area contributed by atoms with Gasteiger partial charge in [0.15, 0.2) is 5.78 Å². The quantitative estimate of drug-likeness (QED) is 0.835. The molecule has 126 valence electrons. The number of furan rings is 1. The van der Waals surface area contributed by atoms with Crippen molar-refractivity contribution in [2.45, 2.75) is 19.3 Å². The molecule has 1 amide bonds. The molecule has 3 heterocycles. The van der Waals surface area contributed by atoms with E-state index in [1.165, 1.54) is 6.26 Å². The van der Waals surface area contributed by atoms with Gasteiger partial charge in [-0.2, -0.15) is 5.10 Å². The van der Waals surface area contributed by atoms with E-state index in [0.29, 0.717) is 36.4 Å². The maximum Gasteiger partial charge on any atom is 0.257 e. The highest BCUT2D eigenvalue weighted by molar-refractivity contribution is 6.09. The molecule has 0 radical (unpaired) electrons. The Bertz CT molecular complexity index is 784. The Morgan fingerprint density at radius 1 is 1.21 bits per heavy atom. The SMILES string of the molecule is Cn1cc(N2CCN(C(=O)c3coc4c3C(=O)CCC4)CC2)cn1. The largest absolute Gasteiger partial charge is 0.468 e. The molecule has 7 heteroatoms. The molecular weight excluding hydrogens is 308 g/mol. The standard InChI is InChI=1S/C17H20N4O3/c1-19-10-12(9-18-19)20-5-7-21(8-6-20)17(23)13-11-24-15-4-2-3-14(22)16(13)15/h9-11H,2-8H2,1H3. The van der Waals surface area contributed by atoms with E-state index >= 15 is 0 Å². The molecule has 0 spiro atoms. The molecule has 0 atom stereocenters. The maximum atomic E-state index is 12.8. The van der Waals surface area contributed by atoms with E-state index < -0.39 is 0 Å². The zero-order chi connectivity index (χ0) is 16.7. The Morgan fingerprint density at radius 3 is 2.71 bits per heavy atom. The van der Waals surface area contributed by atoms with Crippen LogP contribution in [0, 0.1) is 0 Å². The van der Waals surface area contributed by atoms with Gasteiger partial charge in [0.05, 0.1) is 23.0 Å². The van der Waals surface area contributed by atoms with Crippen molar-refractivity contribution >= 4 is 17.4 Å². The van der Waals surface area contributed by atoms with E-state index in [4.69, 9.17) is 4.42 Å². The summed E-state index contributed by atoms with van der Waals surface area (Å²) in [6.07, 6.45) is 7.32. The molecule has 7 nitrogen and oxygen atoms in total. The number of anilines is 1. The molecule has 0 unspecified atom stereocenters. The first-order valence-corrected chi connectivity index (χ1v) is 8.30. The minimum Gasteiger partial charge on any atom is -0.468 e. The van der Waals surface area contributed by atoms with Gasteiger partial charge in [-0.15, -0.1) is 0 Å². The molecule has 4 rings (SSSR count). The summed E-state index contributed by atoms with van der Waals surface area (Å²) in [6.45, 7) is 2.76. The number of carbonyl (C=O) groups excluding carboxylic acids is 2. The highest BCUT2D eigenvalue weighted by atomic mass is 16.3. The van der Waals surface area contributed by atoms with E-state index in [0.717, 1.165) is 31.6 Å². The maximum absolute atomic E-state index is 12.8. The second kappa shape index (κ2) is 5.81. The molecule has 0 aromatic carbocycles. The summed E-state index contributed by atoms with van der Waals surface area (Å²) < 4.78 is 7.25. The van der Waals surface area contributed by atoms with Gasteiger partial charge < -0.3 is 14.2 Å². The highest BCUT2D eigenvalue weighted by Crippen LogP contribution is 2.27. The van der Waals surface area contributed by atoms with Crippen molar-refractivity contribution in [3.63, 3.8) is 0 Å². The minimum atomic E-state index is -0.0962. The number of aryl methyl sites for hydroxylation is 2. The molecule has 0 N–H and O–H groups in total. The van der Waals surface area contributed by atoms with E-state index in [-0.39, 0.29) is 11.7 Å². The van der Waals surface area contributed by atoms with Gasteiger partial charge in [0.25, 0.3) is 5.91 Å². The van der Waals surface area contributed by atoms with Crippen molar-refractivity contribution in [3.8, 4) is 0 Å². The minimum absolute atomic E-state index is 0.0299. The monoisotopic (exact) mass is 328 g/mol. The van der Waals surface area contributed by atoms with E-state index in [1.807, 2.05) is 19.4 Å². The first-order valence-electron chi connectivity index (χ1n) is 8.30. The topological polar surface area (TPSA) is 71.6 Å². The molecule has 0 bridgehead atoms. The van der Waals surface area contributed by atoms with Gasteiger partial charge in [0, 0.05) is 52.3 Å². The second-order valence-corrected chi connectivity index (χ2v) is 6.38. The summed E-state index contributed by atoms with van der Waals surface area (Å²) >= 11 is 0. The van der Waals surface area contributed by atoms with Crippen LogP contribution in [0.25, 0.3) is 0 Å². The smallest absolute Gasteiger partial charge is 0.257 e. The number of ketones is 1. The van der Waals surface area contributed by atoms with Crippen LogP contribution in [-0.4, -0.2) is 52.5 Å². The average molecular weight is 328 g/mol. The number of piperazine rings is 1. The molecule has 24 heavy (non-hydrogen) atoms. The molecule has 1 aliphatic carbocycles. The fourth-order valence-corrected chi connectivity index (χ4v) is 3.49. The Balaban J connectivity index is 1.47. The molecule has 2 aromatic rings. The third kappa shape index (κ3) is 2.50. The normalized spacial score (nSPS) is 18.0. The number of nitrogens with zero attached hydrogens (tertiary/aromatic N) is 4. The highest BCUT2D eigenvalue weighted by Gasteiger charge is 2.31. The van der Waals surface area contributed by atoms with Crippen molar-refractivity contribution < 1.29 is 14.0 Å². The molecule has 1 aliphatic heterocycles. The average Bonchev–Trinajstić information content (AvgIpc) is 3.21. The van der Waals surface area contributed by atoms with Crippen LogP contribution < -0.4 is 4.90 Å². The van der Waals surface area contributed by atoms with Crippen molar-refractivity contribution in [2.24, 2.45) is 7.05 Å². The second-order valence-electron chi connectivity index (χ2n) is 6.38. The van der Waals surface area contributed by atoms with Crippen LogP contribution in [0.1, 0.15) is 39.3 Å². The number of amides is 1. The number of hydrogen-bond donors (Lipinski definition) is 0. The van der Waals surface area contributed by atoms with Gasteiger partial charge in [0.2, 0.25) is 0 Å². The van der Waals surface area contributed by atoms with Crippen LogP contribution >= 0.6 is 0 Å². The lowest BCUT2D eigenvalue weighted by Crippen LogP contribution is -2.49. The molecule has 1 saturated heterocycles. The Morgan fingerprint density at radius 2 is 2.00 bits per heavy atom. The van der Waals surface area contributed by atoms with Crippen LogP contribution in [0.4, 0.5) is 5.69 Å². The lowest BCUT2D eigenvalue weighted by molar-refractivity contribution is 0.0741. The third-order valence-corrected chi connectivity index (χ3v) is 4.81. The lowest BCUT2D eigenvalue weighted by Gasteiger charge is -2.35. The summed E-state index contributed by atoms with van der Waals surface area (Å²) in [5, 5.41) is 4.19. The van der Waals surface area contributed by atoms with Crippen molar-refractivity contribution in [1.29, 1.82) is 0 Å². The Labute approximate surface area is 139 Å². The first-order chi connectivity index (χ1) is 11.6. The summed E-state index contributed by atoms with van der Waals surface area (Å²) in [4.78, 5) is 29.0. The fourth-order valence-electron chi connectivity index (χ4n) is 3.49. The molecular formula is C17H20N4O3. The summed E-state index contributed by atoms with van der Waals surface area (Å²) in [5.74, 6) is 0.604. The predicted octanol–water partition coefficient (Wildman–Crippen LogP) is 1.49. The molecule has 2 aromatic heterocycles. The molecule has 1 fully saturated rings. The van der Waals surface area contributed by atoms with Crippen molar-refractivity contribution in [2.75, 3.05) is 31.1 Å². The zero-order valence-electron chi connectivity index (χ0n) is 13.7. The number of rotatable bonds is 2. The van der Waals surface area contributed by atoms with Crippen LogP contribution in [0.15, 0.2) is 23.1 Å². The molecule has 0 saturated carbocycles. The van der Waals surface area contributed by atoms with Crippen LogP contribution in [-0.2, 0) is 13.5 Å². The van der Waals surface area contributed by atoms with Crippen molar-refractivity contribution in [3.05, 3.63) is 35.5 Å². The Hall–Kier alpha value is -2.57.